The van der Waals surface area contributed by atoms with E-state index in [1.54, 1.807) is 24.3 Å². The van der Waals surface area contributed by atoms with E-state index in [0.717, 1.165) is 5.56 Å². The van der Waals surface area contributed by atoms with Crippen LogP contribution in [-0.2, 0) is 4.79 Å². The fourth-order valence-electron chi connectivity index (χ4n) is 1.89. The van der Waals surface area contributed by atoms with Crippen molar-refractivity contribution in [3.05, 3.63) is 63.3 Å². The number of aromatic nitrogens is 1. The fourth-order valence-corrected chi connectivity index (χ4v) is 2.02. The Morgan fingerprint density at radius 2 is 2.09 bits per heavy atom. The molecule has 0 aliphatic rings. The molecule has 1 atom stereocenters. The summed E-state index contributed by atoms with van der Waals surface area (Å²) in [5, 5.41) is 14.2. The highest BCUT2D eigenvalue weighted by Crippen LogP contribution is 2.22. The van der Waals surface area contributed by atoms with E-state index in [1.165, 1.54) is 18.3 Å². The smallest absolute Gasteiger partial charge is 0.406 e. The predicted octanol–water partition coefficient (Wildman–Crippen LogP) is 2.90. The van der Waals surface area contributed by atoms with Crippen molar-refractivity contribution in [3.63, 3.8) is 0 Å². The van der Waals surface area contributed by atoms with Gasteiger partial charge in [-0.2, -0.15) is 0 Å². The van der Waals surface area contributed by atoms with Gasteiger partial charge < -0.3 is 20.2 Å². The number of rotatable bonds is 6. The summed E-state index contributed by atoms with van der Waals surface area (Å²) in [4.78, 5) is 25.6. The molecular formula is C15H14ClN3O4. The number of amides is 1. The highest BCUT2D eigenvalue weighted by molar-refractivity contribution is 6.30. The second-order valence-electron chi connectivity index (χ2n) is 4.71. The molecule has 8 heteroatoms. The molecule has 23 heavy (non-hydrogen) atoms. The number of carbonyl (C=O) groups is 1. The zero-order valence-corrected chi connectivity index (χ0v) is 13.0. The molecule has 0 radical (unpaired) electrons. The van der Waals surface area contributed by atoms with Gasteiger partial charge >= 0.3 is 5.82 Å². The third-order valence-corrected chi connectivity index (χ3v) is 3.28. The molecule has 0 saturated heterocycles. The van der Waals surface area contributed by atoms with Crippen molar-refractivity contribution in [1.29, 1.82) is 0 Å². The monoisotopic (exact) mass is 335 g/mol. The molecule has 120 valence electrons. The van der Waals surface area contributed by atoms with Crippen molar-refractivity contribution in [2.45, 2.75) is 13.0 Å². The first-order valence-electron chi connectivity index (χ1n) is 6.74. The van der Waals surface area contributed by atoms with Gasteiger partial charge in [0.25, 0.3) is 5.91 Å². The maximum Gasteiger partial charge on any atom is 0.406 e. The molecule has 1 heterocycles. The number of halogens is 1. The van der Waals surface area contributed by atoms with Crippen LogP contribution in [0.1, 0.15) is 18.5 Å². The van der Waals surface area contributed by atoms with Gasteiger partial charge in [0.15, 0.2) is 6.61 Å². The number of hydrogen-bond acceptors (Lipinski definition) is 5. The van der Waals surface area contributed by atoms with Crippen molar-refractivity contribution in [2.75, 3.05) is 6.61 Å². The first kappa shape index (κ1) is 16.7. The number of nitrogens with one attached hydrogen (secondary N) is 1. The van der Waals surface area contributed by atoms with Crippen LogP contribution in [-0.4, -0.2) is 22.4 Å². The summed E-state index contributed by atoms with van der Waals surface area (Å²) in [6.07, 6.45) is 1.29. The zero-order valence-electron chi connectivity index (χ0n) is 12.2. The molecule has 0 spiro atoms. The first-order chi connectivity index (χ1) is 11.0. The minimum atomic E-state index is -0.663. The standard InChI is InChI=1S/C15H14ClN3O4/c1-10(11-4-6-12(16)7-5-11)18-14(20)9-23-13-3-2-8-17-15(13)19(21)22/h2-8,10H,9H2,1H3,(H,18,20)/t10-/m1/s1. The molecule has 0 aliphatic heterocycles. The van der Waals surface area contributed by atoms with E-state index in [2.05, 4.69) is 10.3 Å². The minimum absolute atomic E-state index is 0.0493. The molecule has 7 nitrogen and oxygen atoms in total. The maximum atomic E-state index is 11.9. The Balaban J connectivity index is 1.93. The van der Waals surface area contributed by atoms with Gasteiger partial charge in [-0.25, -0.2) is 0 Å². The van der Waals surface area contributed by atoms with Crippen LogP contribution in [0.4, 0.5) is 5.82 Å². The number of benzene rings is 1. The highest BCUT2D eigenvalue weighted by atomic mass is 35.5. The SMILES string of the molecule is C[C@@H](NC(=O)COc1cccnc1[N+](=O)[O-])c1ccc(Cl)cc1. The van der Waals surface area contributed by atoms with E-state index in [4.69, 9.17) is 16.3 Å². The van der Waals surface area contributed by atoms with Gasteiger partial charge in [-0.3, -0.25) is 4.79 Å². The number of ether oxygens (including phenoxy) is 1. The van der Waals surface area contributed by atoms with Crippen molar-refractivity contribution in [3.8, 4) is 5.75 Å². The summed E-state index contributed by atoms with van der Waals surface area (Å²) in [6, 6.07) is 9.72. The van der Waals surface area contributed by atoms with Crippen LogP contribution in [0.15, 0.2) is 42.6 Å². The summed E-state index contributed by atoms with van der Waals surface area (Å²) in [7, 11) is 0. The van der Waals surface area contributed by atoms with Gasteiger partial charge in [-0.05, 0) is 46.7 Å². The predicted molar refractivity (Wildman–Crippen MR) is 84.4 cm³/mol. The van der Waals surface area contributed by atoms with Crippen LogP contribution in [0.2, 0.25) is 5.02 Å². The Bertz CT molecular complexity index is 706. The maximum absolute atomic E-state index is 11.9. The van der Waals surface area contributed by atoms with Crippen molar-refractivity contribution < 1.29 is 14.5 Å². The van der Waals surface area contributed by atoms with Crippen molar-refractivity contribution >= 4 is 23.3 Å². The summed E-state index contributed by atoms with van der Waals surface area (Å²) in [6.45, 7) is 1.47. The molecule has 2 aromatic rings. The van der Waals surface area contributed by atoms with E-state index in [-0.39, 0.29) is 18.4 Å². The Labute approximate surface area is 137 Å². The first-order valence-corrected chi connectivity index (χ1v) is 7.12. The van der Waals surface area contributed by atoms with Gasteiger partial charge in [0.1, 0.15) is 6.20 Å². The van der Waals surface area contributed by atoms with Gasteiger partial charge in [0, 0.05) is 5.02 Å². The topological polar surface area (TPSA) is 94.4 Å². The minimum Gasteiger partial charge on any atom is -0.476 e. The third-order valence-electron chi connectivity index (χ3n) is 3.03. The molecule has 1 N–H and O–H groups in total. The fraction of sp³-hybridized carbons (Fsp3) is 0.200. The van der Waals surface area contributed by atoms with Crippen molar-refractivity contribution in [2.24, 2.45) is 0 Å². The third kappa shape index (κ3) is 4.65. The average Bonchev–Trinajstić information content (AvgIpc) is 2.53. The summed E-state index contributed by atoms with van der Waals surface area (Å²) < 4.78 is 5.18. The molecule has 0 unspecified atom stereocenters. The zero-order chi connectivity index (χ0) is 16.8. The number of nitrogens with zero attached hydrogens (tertiary/aromatic N) is 2. The van der Waals surface area contributed by atoms with Crippen LogP contribution in [0.3, 0.4) is 0 Å². The van der Waals surface area contributed by atoms with E-state index < -0.39 is 16.6 Å². The van der Waals surface area contributed by atoms with Crippen LogP contribution in [0.25, 0.3) is 0 Å². The number of nitro groups is 1. The van der Waals surface area contributed by atoms with E-state index >= 15 is 0 Å². The normalized spacial score (nSPS) is 11.6. The van der Waals surface area contributed by atoms with Crippen LogP contribution >= 0.6 is 11.6 Å². The lowest BCUT2D eigenvalue weighted by Crippen LogP contribution is -2.31. The lowest BCUT2D eigenvalue weighted by atomic mass is 10.1. The molecular weight excluding hydrogens is 322 g/mol. The van der Waals surface area contributed by atoms with Gasteiger partial charge in [-0.15, -0.1) is 0 Å². The lowest BCUT2D eigenvalue weighted by molar-refractivity contribution is -0.390. The van der Waals surface area contributed by atoms with Crippen molar-refractivity contribution in [1.82, 2.24) is 10.3 Å². The van der Waals surface area contributed by atoms with Gasteiger partial charge in [-0.1, -0.05) is 23.7 Å². The molecule has 1 amide bonds. The second kappa shape index (κ2) is 7.55. The number of carbonyl (C=O) groups excluding carboxylic acids is 1. The molecule has 2 rings (SSSR count). The van der Waals surface area contributed by atoms with Crippen LogP contribution < -0.4 is 10.1 Å². The largest absolute Gasteiger partial charge is 0.476 e. The molecule has 0 saturated carbocycles. The summed E-state index contributed by atoms with van der Waals surface area (Å²) in [5.74, 6) is -0.872. The Kier molecular flexibility index (Phi) is 5.48. The summed E-state index contributed by atoms with van der Waals surface area (Å²) in [5.41, 5.74) is 0.884. The Hall–Kier alpha value is -2.67. The highest BCUT2D eigenvalue weighted by Gasteiger charge is 2.17. The van der Waals surface area contributed by atoms with Gasteiger partial charge in [0.2, 0.25) is 5.75 Å². The average molecular weight is 336 g/mol. The van der Waals surface area contributed by atoms with E-state index in [0.29, 0.717) is 5.02 Å². The molecule has 0 fully saturated rings. The summed E-state index contributed by atoms with van der Waals surface area (Å²) >= 11 is 5.81. The lowest BCUT2D eigenvalue weighted by Gasteiger charge is -2.14. The molecule has 1 aromatic carbocycles. The molecule has 0 aliphatic carbocycles. The number of pyridine rings is 1. The second-order valence-corrected chi connectivity index (χ2v) is 5.15. The quantitative estimate of drug-likeness (QED) is 0.647. The van der Waals surface area contributed by atoms with E-state index in [9.17, 15) is 14.9 Å². The Morgan fingerprint density at radius 3 is 2.74 bits per heavy atom. The van der Waals surface area contributed by atoms with Crippen LogP contribution in [0.5, 0.6) is 5.75 Å². The number of hydrogen-bond donors (Lipinski definition) is 1. The molecule has 1 aromatic heterocycles. The van der Waals surface area contributed by atoms with Gasteiger partial charge in [0.05, 0.1) is 6.04 Å². The molecule has 0 bridgehead atoms. The van der Waals surface area contributed by atoms with Crippen LogP contribution in [0, 0.1) is 10.1 Å². The van der Waals surface area contributed by atoms with E-state index in [1.807, 2.05) is 6.92 Å². The Morgan fingerprint density at radius 1 is 1.39 bits per heavy atom.